The van der Waals surface area contributed by atoms with Gasteiger partial charge in [-0.1, -0.05) is 17.7 Å². The van der Waals surface area contributed by atoms with Crippen LogP contribution in [0.4, 0.5) is 5.00 Å². The van der Waals surface area contributed by atoms with E-state index in [0.717, 1.165) is 0 Å². The number of anilines is 1. The van der Waals surface area contributed by atoms with Gasteiger partial charge in [0, 0.05) is 16.9 Å². The zero-order valence-corrected chi connectivity index (χ0v) is 10.8. The lowest BCUT2D eigenvalue weighted by molar-refractivity contribution is -0.313. The number of carboxylic acids is 1. The molecule has 1 heterocycles. The third kappa shape index (κ3) is 2.88. The lowest BCUT2D eigenvalue weighted by Crippen LogP contribution is -2.41. The maximum absolute atomic E-state index is 12.0. The number of aliphatic carboxylic acids is 1. The Hall–Kier alpha value is -1.40. The quantitative estimate of drug-likeness (QED) is 0.897. The van der Waals surface area contributed by atoms with Crippen molar-refractivity contribution in [1.82, 2.24) is 4.98 Å². The Bertz CT molecular complexity index is 486. The smallest absolute Gasteiger partial charge is 0.229 e. The molecule has 0 aliphatic heterocycles. The number of halogens is 1. The molecule has 1 amide bonds. The predicted molar refractivity (Wildman–Crippen MR) is 65.9 cm³/mol. The Balaban J connectivity index is 2.11. The minimum atomic E-state index is -1.22. The number of hydrogen-bond acceptors (Lipinski definition) is 5. The molecule has 96 valence electrons. The first kappa shape index (κ1) is 13.0. The van der Waals surface area contributed by atoms with E-state index in [1.807, 2.05) is 0 Å². The van der Waals surface area contributed by atoms with Gasteiger partial charge in [0.25, 0.3) is 0 Å². The number of nitrogens with one attached hydrogen (secondary N) is 1. The number of aromatic nitrogens is 1. The number of thiazole rings is 1. The van der Waals surface area contributed by atoms with E-state index in [1.54, 1.807) is 11.6 Å². The zero-order valence-electron chi connectivity index (χ0n) is 9.26. The Morgan fingerprint density at radius 3 is 2.89 bits per heavy atom. The first-order chi connectivity index (χ1) is 8.58. The van der Waals surface area contributed by atoms with E-state index in [9.17, 15) is 14.7 Å². The standard InChI is InChI=1S/C11H11ClN2O3S/c12-6-1-2-7(11(16)17)8(3-6)10(15)14-9-4-13-5-18-9/h1,4-5,7-8H,2-3H2,(H,14,15)(H,16,17)/p-1/t7-,8+/m1/s1. The number of carbonyl (C=O) groups excluding carboxylic acids is 2. The number of carbonyl (C=O) groups is 2. The van der Waals surface area contributed by atoms with Crippen molar-refractivity contribution >= 4 is 39.8 Å². The normalized spacial score (nSPS) is 23.3. The SMILES string of the molecule is O=C(Nc1cncs1)[C@H]1CC(Cl)=CC[C@H]1C(=O)[O-]. The van der Waals surface area contributed by atoms with Crippen LogP contribution < -0.4 is 10.4 Å². The second kappa shape index (κ2) is 5.49. The summed E-state index contributed by atoms with van der Waals surface area (Å²) in [4.78, 5) is 26.8. The van der Waals surface area contributed by atoms with Gasteiger partial charge in [-0.2, -0.15) is 0 Å². The fourth-order valence-corrected chi connectivity index (χ4v) is 2.65. The molecular weight excluding hydrogens is 276 g/mol. The lowest BCUT2D eigenvalue weighted by Gasteiger charge is -2.29. The molecule has 0 bridgehead atoms. The van der Waals surface area contributed by atoms with Gasteiger partial charge in [-0.05, 0) is 12.8 Å². The Labute approximate surface area is 112 Å². The van der Waals surface area contributed by atoms with Gasteiger partial charge in [-0.15, -0.1) is 11.3 Å². The molecular formula is C11H10ClN2O3S-. The van der Waals surface area contributed by atoms with Crippen LogP contribution in [0.1, 0.15) is 12.8 Å². The fourth-order valence-electron chi connectivity index (χ4n) is 1.88. The summed E-state index contributed by atoms with van der Waals surface area (Å²) >= 11 is 7.14. The summed E-state index contributed by atoms with van der Waals surface area (Å²) in [6.45, 7) is 0. The molecule has 1 aromatic heterocycles. The van der Waals surface area contributed by atoms with E-state index in [1.165, 1.54) is 17.5 Å². The average Bonchev–Trinajstić information content (AvgIpc) is 2.81. The average molecular weight is 286 g/mol. The first-order valence-corrected chi connectivity index (χ1v) is 6.58. The molecule has 0 saturated heterocycles. The van der Waals surface area contributed by atoms with Crippen molar-refractivity contribution in [3.05, 3.63) is 22.8 Å². The maximum atomic E-state index is 12.0. The molecule has 1 N–H and O–H groups in total. The molecule has 2 atom stereocenters. The molecule has 0 unspecified atom stereocenters. The van der Waals surface area contributed by atoms with Crippen LogP contribution in [0.25, 0.3) is 0 Å². The van der Waals surface area contributed by atoms with Crippen LogP contribution >= 0.6 is 22.9 Å². The summed E-state index contributed by atoms with van der Waals surface area (Å²) in [5.74, 6) is -3.12. The second-order valence-electron chi connectivity index (χ2n) is 3.98. The minimum Gasteiger partial charge on any atom is -0.550 e. The van der Waals surface area contributed by atoms with E-state index in [0.29, 0.717) is 10.0 Å². The third-order valence-electron chi connectivity index (χ3n) is 2.81. The number of nitrogens with zero attached hydrogens (tertiary/aromatic N) is 1. The monoisotopic (exact) mass is 285 g/mol. The number of allylic oxidation sites excluding steroid dienone is 2. The van der Waals surface area contributed by atoms with Gasteiger partial charge in [0.05, 0.1) is 17.6 Å². The topological polar surface area (TPSA) is 82.1 Å². The van der Waals surface area contributed by atoms with Crippen LogP contribution in [0.2, 0.25) is 0 Å². The predicted octanol–water partition coefficient (Wildman–Crippen LogP) is 0.980. The first-order valence-electron chi connectivity index (χ1n) is 5.32. The lowest BCUT2D eigenvalue weighted by atomic mass is 9.82. The maximum Gasteiger partial charge on any atom is 0.229 e. The van der Waals surface area contributed by atoms with Crippen molar-refractivity contribution in [2.45, 2.75) is 12.8 Å². The van der Waals surface area contributed by atoms with Crippen molar-refractivity contribution in [3.63, 3.8) is 0 Å². The molecule has 1 aromatic rings. The molecule has 1 aliphatic rings. The largest absolute Gasteiger partial charge is 0.550 e. The highest BCUT2D eigenvalue weighted by Crippen LogP contribution is 2.32. The summed E-state index contributed by atoms with van der Waals surface area (Å²) in [5, 5.41) is 14.7. The van der Waals surface area contributed by atoms with Crippen LogP contribution in [0.3, 0.4) is 0 Å². The van der Waals surface area contributed by atoms with Gasteiger partial charge < -0.3 is 15.2 Å². The highest BCUT2D eigenvalue weighted by molar-refractivity contribution is 7.13. The summed E-state index contributed by atoms with van der Waals surface area (Å²) in [6, 6.07) is 0. The number of rotatable bonds is 3. The molecule has 1 aliphatic carbocycles. The van der Waals surface area contributed by atoms with Gasteiger partial charge in [-0.25, -0.2) is 0 Å². The molecule has 0 aromatic carbocycles. The molecule has 7 heteroatoms. The van der Waals surface area contributed by atoms with E-state index in [2.05, 4.69) is 10.3 Å². The summed E-state index contributed by atoms with van der Waals surface area (Å²) in [7, 11) is 0. The van der Waals surface area contributed by atoms with Crippen LogP contribution in [-0.4, -0.2) is 16.9 Å². The van der Waals surface area contributed by atoms with Gasteiger partial charge >= 0.3 is 0 Å². The van der Waals surface area contributed by atoms with E-state index < -0.39 is 17.8 Å². The Morgan fingerprint density at radius 2 is 2.28 bits per heavy atom. The van der Waals surface area contributed by atoms with Gasteiger partial charge in [0.2, 0.25) is 5.91 Å². The molecule has 0 saturated carbocycles. The minimum absolute atomic E-state index is 0.224. The van der Waals surface area contributed by atoms with Crippen LogP contribution in [0.5, 0.6) is 0 Å². The molecule has 18 heavy (non-hydrogen) atoms. The molecule has 5 nitrogen and oxygen atoms in total. The molecule has 2 rings (SSSR count). The summed E-state index contributed by atoms with van der Waals surface area (Å²) in [5.41, 5.74) is 1.58. The van der Waals surface area contributed by atoms with Crippen molar-refractivity contribution in [2.75, 3.05) is 5.32 Å². The van der Waals surface area contributed by atoms with Gasteiger partial charge in [-0.3, -0.25) is 9.78 Å². The van der Waals surface area contributed by atoms with Gasteiger partial charge in [0.1, 0.15) is 5.00 Å². The molecule has 0 spiro atoms. The highest BCUT2D eigenvalue weighted by Gasteiger charge is 2.32. The van der Waals surface area contributed by atoms with Crippen LogP contribution in [0, 0.1) is 11.8 Å². The highest BCUT2D eigenvalue weighted by atomic mass is 35.5. The van der Waals surface area contributed by atoms with Crippen molar-refractivity contribution in [2.24, 2.45) is 11.8 Å². The molecule has 0 fully saturated rings. The van der Waals surface area contributed by atoms with Crippen molar-refractivity contribution < 1.29 is 14.7 Å². The number of carboxylic acid groups (broad SMARTS) is 1. The Morgan fingerprint density at radius 1 is 1.50 bits per heavy atom. The van der Waals surface area contributed by atoms with E-state index in [-0.39, 0.29) is 18.7 Å². The van der Waals surface area contributed by atoms with Crippen molar-refractivity contribution in [1.29, 1.82) is 0 Å². The Kier molecular flexibility index (Phi) is 3.98. The molecule has 0 radical (unpaired) electrons. The zero-order chi connectivity index (χ0) is 13.1. The van der Waals surface area contributed by atoms with Crippen LogP contribution in [-0.2, 0) is 9.59 Å². The summed E-state index contributed by atoms with van der Waals surface area (Å²) in [6.07, 6.45) is 3.59. The number of hydrogen-bond donors (Lipinski definition) is 1. The summed E-state index contributed by atoms with van der Waals surface area (Å²) < 4.78 is 0. The second-order valence-corrected chi connectivity index (χ2v) is 5.35. The van der Waals surface area contributed by atoms with Gasteiger partial charge in [0.15, 0.2) is 0 Å². The third-order valence-corrected chi connectivity index (χ3v) is 3.81. The van der Waals surface area contributed by atoms with E-state index in [4.69, 9.17) is 11.6 Å². The van der Waals surface area contributed by atoms with E-state index >= 15 is 0 Å². The fraction of sp³-hybridized carbons (Fsp3) is 0.364. The van der Waals surface area contributed by atoms with Crippen LogP contribution in [0.15, 0.2) is 22.8 Å². The van der Waals surface area contributed by atoms with Crippen molar-refractivity contribution in [3.8, 4) is 0 Å². The number of amides is 1.